The van der Waals surface area contributed by atoms with Crippen molar-refractivity contribution >= 4 is 6.03 Å². The second-order valence-electron chi connectivity index (χ2n) is 6.45. The quantitative estimate of drug-likeness (QED) is 0.921. The summed E-state index contributed by atoms with van der Waals surface area (Å²) in [6.45, 7) is 2.53. The Morgan fingerprint density at radius 3 is 2.87 bits per heavy atom. The van der Waals surface area contributed by atoms with Gasteiger partial charge in [0.05, 0.1) is 18.3 Å². The lowest BCUT2D eigenvalue weighted by molar-refractivity contribution is 0.203. The molecule has 23 heavy (non-hydrogen) atoms. The van der Waals surface area contributed by atoms with Gasteiger partial charge in [0.2, 0.25) is 0 Å². The highest BCUT2D eigenvalue weighted by Crippen LogP contribution is 2.40. The molecule has 5 heteroatoms. The van der Waals surface area contributed by atoms with Gasteiger partial charge in [-0.15, -0.1) is 0 Å². The zero-order valence-corrected chi connectivity index (χ0v) is 14.0. The Labute approximate surface area is 137 Å². The van der Waals surface area contributed by atoms with E-state index in [0.717, 1.165) is 17.2 Å². The van der Waals surface area contributed by atoms with Gasteiger partial charge in [0.15, 0.2) is 0 Å². The fourth-order valence-electron chi connectivity index (χ4n) is 2.74. The predicted molar refractivity (Wildman–Crippen MR) is 90.0 cm³/mol. The third kappa shape index (κ3) is 3.92. The van der Waals surface area contributed by atoms with Crippen molar-refractivity contribution in [3.63, 3.8) is 0 Å². The van der Waals surface area contributed by atoms with Gasteiger partial charge < -0.3 is 10.2 Å². The van der Waals surface area contributed by atoms with Crippen molar-refractivity contribution in [1.82, 2.24) is 20.0 Å². The molecule has 1 fully saturated rings. The van der Waals surface area contributed by atoms with E-state index in [0.29, 0.717) is 6.54 Å². The van der Waals surface area contributed by atoms with Crippen LogP contribution in [0, 0.1) is 0 Å². The lowest BCUT2D eigenvalue weighted by atomic mass is 10.0. The standard InChI is InChI=1S/C18H24N4O/c1-13(15-5-4-6-16(11-15)14-7-8-14)19-18(23)21(2)12-17-9-10-22(3)20-17/h4-6,9-11,13-14H,7-8,12H2,1-3H3,(H,19,23). The SMILES string of the molecule is CC(NC(=O)N(C)Cc1ccn(C)n1)c1cccc(C2CC2)c1. The second kappa shape index (κ2) is 6.44. The average molecular weight is 312 g/mol. The first-order valence-electron chi connectivity index (χ1n) is 8.13. The van der Waals surface area contributed by atoms with Crippen molar-refractivity contribution in [3.05, 3.63) is 53.3 Å². The summed E-state index contributed by atoms with van der Waals surface area (Å²) < 4.78 is 1.74. The van der Waals surface area contributed by atoms with Gasteiger partial charge in [-0.3, -0.25) is 4.68 Å². The highest BCUT2D eigenvalue weighted by atomic mass is 16.2. The van der Waals surface area contributed by atoms with Crippen molar-refractivity contribution in [2.24, 2.45) is 7.05 Å². The fourth-order valence-corrected chi connectivity index (χ4v) is 2.74. The number of nitrogens with one attached hydrogen (secondary N) is 1. The number of aromatic nitrogens is 2. The van der Waals surface area contributed by atoms with Crippen molar-refractivity contribution in [3.8, 4) is 0 Å². The molecule has 0 bridgehead atoms. The van der Waals surface area contributed by atoms with Crippen LogP contribution in [0.15, 0.2) is 36.5 Å². The van der Waals surface area contributed by atoms with Crippen molar-refractivity contribution in [2.75, 3.05) is 7.05 Å². The van der Waals surface area contributed by atoms with E-state index in [1.807, 2.05) is 26.2 Å². The second-order valence-corrected chi connectivity index (χ2v) is 6.45. The van der Waals surface area contributed by atoms with Crippen molar-refractivity contribution in [2.45, 2.75) is 38.3 Å². The molecule has 5 nitrogen and oxygen atoms in total. The lowest BCUT2D eigenvalue weighted by Gasteiger charge is -2.21. The molecular weight excluding hydrogens is 288 g/mol. The molecule has 1 aliphatic carbocycles. The van der Waals surface area contributed by atoms with Crippen LogP contribution >= 0.6 is 0 Å². The zero-order valence-electron chi connectivity index (χ0n) is 14.0. The minimum atomic E-state index is -0.0834. The van der Waals surface area contributed by atoms with Crippen LogP contribution in [0.3, 0.4) is 0 Å². The Hall–Kier alpha value is -2.30. The summed E-state index contributed by atoms with van der Waals surface area (Å²) in [5.41, 5.74) is 3.44. The first kappa shape index (κ1) is 15.6. The van der Waals surface area contributed by atoms with Crippen molar-refractivity contribution in [1.29, 1.82) is 0 Å². The number of hydrogen-bond donors (Lipinski definition) is 1. The predicted octanol–water partition coefficient (Wildman–Crippen LogP) is 3.20. The molecule has 1 atom stereocenters. The maximum absolute atomic E-state index is 12.3. The molecular formula is C18H24N4O. The molecule has 0 aliphatic heterocycles. The molecule has 1 aliphatic rings. The third-order valence-corrected chi connectivity index (χ3v) is 4.31. The van der Waals surface area contributed by atoms with Crippen LogP contribution in [-0.2, 0) is 13.6 Å². The normalized spacial score (nSPS) is 15.3. The van der Waals surface area contributed by atoms with Gasteiger partial charge in [0.25, 0.3) is 0 Å². The van der Waals surface area contributed by atoms with Crippen LogP contribution in [0.1, 0.15) is 48.5 Å². The largest absolute Gasteiger partial charge is 0.331 e. The summed E-state index contributed by atoms with van der Waals surface area (Å²) in [6.07, 6.45) is 4.46. The molecule has 0 spiro atoms. The van der Waals surface area contributed by atoms with E-state index < -0.39 is 0 Å². The van der Waals surface area contributed by atoms with Gasteiger partial charge in [0, 0.05) is 20.3 Å². The van der Waals surface area contributed by atoms with E-state index in [-0.39, 0.29) is 12.1 Å². The highest BCUT2D eigenvalue weighted by Gasteiger charge is 2.24. The topological polar surface area (TPSA) is 50.2 Å². The monoisotopic (exact) mass is 312 g/mol. The molecule has 2 amide bonds. The molecule has 122 valence electrons. The van der Waals surface area contributed by atoms with Crippen LogP contribution in [-0.4, -0.2) is 27.8 Å². The summed E-state index contributed by atoms with van der Waals surface area (Å²) >= 11 is 0. The number of aryl methyl sites for hydroxylation is 1. The van der Waals surface area contributed by atoms with Gasteiger partial charge >= 0.3 is 6.03 Å². The molecule has 1 aromatic carbocycles. The first-order valence-corrected chi connectivity index (χ1v) is 8.13. The van der Waals surface area contributed by atoms with Crippen LogP contribution in [0.5, 0.6) is 0 Å². The van der Waals surface area contributed by atoms with Crippen molar-refractivity contribution < 1.29 is 4.79 Å². The van der Waals surface area contributed by atoms with E-state index in [1.54, 1.807) is 16.6 Å². The molecule has 1 saturated carbocycles. The smallest absolute Gasteiger partial charge is 0.317 e. The number of urea groups is 1. The fraction of sp³-hybridized carbons (Fsp3) is 0.444. The molecule has 1 aromatic heterocycles. The van der Waals surface area contributed by atoms with E-state index >= 15 is 0 Å². The maximum atomic E-state index is 12.3. The highest BCUT2D eigenvalue weighted by molar-refractivity contribution is 5.74. The number of carbonyl (C=O) groups excluding carboxylic acids is 1. The molecule has 0 saturated heterocycles. The zero-order chi connectivity index (χ0) is 16.4. The Kier molecular flexibility index (Phi) is 4.37. The number of rotatable bonds is 5. The molecule has 3 rings (SSSR count). The Morgan fingerprint density at radius 1 is 1.43 bits per heavy atom. The number of amides is 2. The number of nitrogens with zero attached hydrogens (tertiary/aromatic N) is 3. The molecule has 1 heterocycles. The van der Waals surface area contributed by atoms with Crippen LogP contribution < -0.4 is 5.32 Å². The Balaban J connectivity index is 1.58. The number of benzene rings is 1. The third-order valence-electron chi connectivity index (χ3n) is 4.31. The molecule has 0 radical (unpaired) electrons. The van der Waals surface area contributed by atoms with E-state index in [1.165, 1.54) is 18.4 Å². The van der Waals surface area contributed by atoms with Gasteiger partial charge in [-0.1, -0.05) is 24.3 Å². The van der Waals surface area contributed by atoms with E-state index in [9.17, 15) is 4.79 Å². The summed E-state index contributed by atoms with van der Waals surface area (Å²) in [5, 5.41) is 7.37. The summed E-state index contributed by atoms with van der Waals surface area (Å²) in [4.78, 5) is 14.0. The van der Waals surface area contributed by atoms with Gasteiger partial charge in [-0.05, 0) is 42.9 Å². The molecule has 2 aromatic rings. The van der Waals surface area contributed by atoms with E-state index in [4.69, 9.17) is 0 Å². The number of carbonyl (C=O) groups is 1. The Bertz CT molecular complexity index is 690. The van der Waals surface area contributed by atoms with Gasteiger partial charge in [0.1, 0.15) is 0 Å². The van der Waals surface area contributed by atoms with Gasteiger partial charge in [-0.25, -0.2) is 4.79 Å². The Morgan fingerprint density at radius 2 is 2.22 bits per heavy atom. The molecule has 1 N–H and O–H groups in total. The minimum absolute atomic E-state index is 0.00705. The molecule has 1 unspecified atom stereocenters. The summed E-state index contributed by atoms with van der Waals surface area (Å²) in [7, 11) is 3.66. The minimum Gasteiger partial charge on any atom is -0.331 e. The van der Waals surface area contributed by atoms with Crippen LogP contribution in [0.2, 0.25) is 0 Å². The number of hydrogen-bond acceptors (Lipinski definition) is 2. The van der Waals surface area contributed by atoms with Crippen LogP contribution in [0.4, 0.5) is 4.79 Å². The summed E-state index contributed by atoms with van der Waals surface area (Å²) in [5.74, 6) is 0.727. The summed E-state index contributed by atoms with van der Waals surface area (Å²) in [6, 6.07) is 10.4. The average Bonchev–Trinajstić information content (AvgIpc) is 3.31. The maximum Gasteiger partial charge on any atom is 0.317 e. The van der Waals surface area contributed by atoms with E-state index in [2.05, 4.69) is 34.7 Å². The first-order chi connectivity index (χ1) is 11.0. The van der Waals surface area contributed by atoms with Crippen LogP contribution in [0.25, 0.3) is 0 Å². The lowest BCUT2D eigenvalue weighted by Crippen LogP contribution is -2.38. The van der Waals surface area contributed by atoms with Gasteiger partial charge in [-0.2, -0.15) is 5.10 Å².